The molecule has 10 heteroatoms. The molecule has 0 saturated heterocycles. The Kier molecular flexibility index (Phi) is 13.0. The summed E-state index contributed by atoms with van der Waals surface area (Å²) >= 11 is 2.25. The molecule has 1 aromatic carbocycles. The largest absolute Gasteiger partial charge is 0.491 e. The van der Waals surface area contributed by atoms with E-state index in [1.807, 2.05) is 13.8 Å². The zero-order chi connectivity index (χ0) is 25.1. The van der Waals surface area contributed by atoms with Crippen molar-refractivity contribution in [1.29, 1.82) is 0 Å². The lowest BCUT2D eigenvalue weighted by atomic mass is 9.89. The van der Waals surface area contributed by atoms with E-state index in [9.17, 15) is 9.36 Å². The molecule has 192 valence electrons. The first-order valence-corrected chi connectivity index (χ1v) is 17.0. The van der Waals surface area contributed by atoms with Gasteiger partial charge < -0.3 is 23.8 Å². The van der Waals surface area contributed by atoms with Crippen LogP contribution in [0.3, 0.4) is 0 Å². The van der Waals surface area contributed by atoms with Gasteiger partial charge in [-0.1, -0.05) is 27.5 Å². The number of carbonyl (C=O) groups excluding carboxylic acids is 1. The number of hydrogen-bond donors (Lipinski definition) is 1. The number of ether oxygens (including phenoxy) is 2. The van der Waals surface area contributed by atoms with Crippen molar-refractivity contribution in [1.82, 2.24) is 5.32 Å². The van der Waals surface area contributed by atoms with Crippen LogP contribution in [0.15, 0.2) is 11.6 Å². The lowest BCUT2D eigenvalue weighted by Gasteiger charge is -2.20. The number of cyclic esters (lactones) is 1. The SMILES string of the molecule is CCOP(=O)(CCNC/C(C)=C/Cc1c(CC)c(C)c2c(c1OCCSI)C(=O)OC2)OCC. The number of allylic oxidation sites excluding steroid dienone is 1. The summed E-state index contributed by atoms with van der Waals surface area (Å²) in [7, 11) is -1.36. The number of rotatable bonds is 16. The van der Waals surface area contributed by atoms with Crippen molar-refractivity contribution in [2.75, 3.05) is 44.8 Å². The predicted molar refractivity (Wildman–Crippen MR) is 148 cm³/mol. The highest BCUT2D eigenvalue weighted by atomic mass is 127. The van der Waals surface area contributed by atoms with Gasteiger partial charge in [0.2, 0.25) is 0 Å². The van der Waals surface area contributed by atoms with Crippen LogP contribution in [0.1, 0.15) is 60.3 Å². The van der Waals surface area contributed by atoms with Crippen molar-refractivity contribution in [3.63, 3.8) is 0 Å². The molecule has 0 saturated carbocycles. The Morgan fingerprint density at radius 1 is 1.24 bits per heavy atom. The second-order valence-corrected chi connectivity index (χ2v) is 12.6. The minimum Gasteiger partial charge on any atom is -0.491 e. The maximum Gasteiger partial charge on any atom is 0.342 e. The zero-order valence-electron chi connectivity index (χ0n) is 20.8. The van der Waals surface area contributed by atoms with Gasteiger partial charge in [-0.05, 0) is 72.9 Å². The summed E-state index contributed by atoms with van der Waals surface area (Å²) < 4.78 is 34.8. The number of esters is 1. The number of nitrogens with one attached hydrogen (secondary N) is 1. The summed E-state index contributed by atoms with van der Waals surface area (Å²) in [6, 6.07) is 0. The van der Waals surface area contributed by atoms with Crippen LogP contribution >= 0.6 is 37.7 Å². The molecular formula is C24H37INO6PS. The van der Waals surface area contributed by atoms with E-state index >= 15 is 0 Å². The zero-order valence-corrected chi connectivity index (χ0v) is 24.7. The normalized spacial score (nSPS) is 13.8. The van der Waals surface area contributed by atoms with Gasteiger partial charge in [0.1, 0.15) is 17.9 Å². The Labute approximate surface area is 220 Å². The lowest BCUT2D eigenvalue weighted by molar-refractivity contribution is 0.0532. The molecule has 0 aromatic heterocycles. The van der Waals surface area contributed by atoms with Crippen LogP contribution in [0, 0.1) is 6.92 Å². The van der Waals surface area contributed by atoms with Gasteiger partial charge in [0, 0.05) is 30.0 Å². The van der Waals surface area contributed by atoms with Crippen molar-refractivity contribution >= 4 is 43.7 Å². The van der Waals surface area contributed by atoms with Crippen LogP contribution in [-0.4, -0.2) is 50.8 Å². The monoisotopic (exact) mass is 625 g/mol. The van der Waals surface area contributed by atoms with E-state index in [0.717, 1.165) is 34.4 Å². The van der Waals surface area contributed by atoms with Gasteiger partial charge in [-0.25, -0.2) is 4.79 Å². The third-order valence-electron chi connectivity index (χ3n) is 5.66. The smallest absolute Gasteiger partial charge is 0.342 e. The van der Waals surface area contributed by atoms with Crippen LogP contribution in [0.4, 0.5) is 0 Å². The third-order valence-corrected chi connectivity index (χ3v) is 9.37. The predicted octanol–water partition coefficient (Wildman–Crippen LogP) is 6.03. The fourth-order valence-electron chi connectivity index (χ4n) is 4.07. The Bertz CT molecular complexity index is 913. The van der Waals surface area contributed by atoms with Gasteiger partial charge in [0.05, 0.1) is 26.0 Å². The van der Waals surface area contributed by atoms with E-state index in [-0.39, 0.29) is 5.97 Å². The van der Waals surface area contributed by atoms with Crippen molar-refractivity contribution in [3.05, 3.63) is 39.5 Å². The maximum absolute atomic E-state index is 12.6. The fraction of sp³-hybridized carbons (Fsp3) is 0.625. The van der Waals surface area contributed by atoms with Crippen molar-refractivity contribution in [3.8, 4) is 5.75 Å². The van der Waals surface area contributed by atoms with Crippen LogP contribution in [0.25, 0.3) is 0 Å². The molecule has 0 radical (unpaired) electrons. The molecule has 0 aliphatic carbocycles. The highest BCUT2D eigenvalue weighted by Gasteiger charge is 2.32. The van der Waals surface area contributed by atoms with Gasteiger partial charge in [-0.3, -0.25) is 4.57 Å². The van der Waals surface area contributed by atoms with E-state index in [1.54, 1.807) is 8.93 Å². The quantitative estimate of drug-likeness (QED) is 0.0784. The van der Waals surface area contributed by atoms with Crippen LogP contribution < -0.4 is 10.1 Å². The number of hydrogen-bond acceptors (Lipinski definition) is 8. The summed E-state index contributed by atoms with van der Waals surface area (Å²) in [6.07, 6.45) is 4.02. The summed E-state index contributed by atoms with van der Waals surface area (Å²) in [6.45, 7) is 12.7. The van der Waals surface area contributed by atoms with E-state index in [2.05, 4.69) is 53.4 Å². The van der Waals surface area contributed by atoms with Gasteiger partial charge in [-0.15, -0.1) is 0 Å². The third kappa shape index (κ3) is 7.96. The Morgan fingerprint density at radius 2 is 1.94 bits per heavy atom. The van der Waals surface area contributed by atoms with Crippen molar-refractivity contribution in [2.24, 2.45) is 0 Å². The molecule has 7 nitrogen and oxygen atoms in total. The molecule has 2 rings (SSSR count). The second-order valence-electron chi connectivity index (χ2n) is 7.96. The molecule has 0 fully saturated rings. The first-order valence-electron chi connectivity index (χ1n) is 11.8. The molecule has 1 aliphatic heterocycles. The molecule has 0 atom stereocenters. The van der Waals surface area contributed by atoms with Crippen molar-refractivity contribution in [2.45, 2.75) is 54.1 Å². The Hall–Kier alpha value is -0.580. The van der Waals surface area contributed by atoms with Gasteiger partial charge in [-0.2, -0.15) is 0 Å². The molecule has 0 spiro atoms. The first-order chi connectivity index (χ1) is 16.3. The van der Waals surface area contributed by atoms with Crippen LogP contribution in [0.5, 0.6) is 5.75 Å². The number of benzene rings is 1. The van der Waals surface area contributed by atoms with E-state index in [4.69, 9.17) is 18.5 Å². The number of fused-ring (bicyclic) bond motifs is 1. The second kappa shape index (κ2) is 14.9. The molecule has 0 bridgehead atoms. The molecule has 1 aromatic rings. The Balaban J connectivity index is 2.15. The van der Waals surface area contributed by atoms with E-state index in [1.165, 1.54) is 5.56 Å². The van der Waals surface area contributed by atoms with Crippen LogP contribution in [0.2, 0.25) is 0 Å². The Morgan fingerprint density at radius 3 is 2.56 bits per heavy atom. The minimum absolute atomic E-state index is 0.297. The highest BCUT2D eigenvalue weighted by molar-refractivity contribution is 14.2. The average molecular weight is 626 g/mol. The summed E-state index contributed by atoms with van der Waals surface area (Å²) in [5, 5.41) is 3.33. The maximum atomic E-state index is 12.6. The van der Waals surface area contributed by atoms with E-state index in [0.29, 0.717) is 63.4 Å². The molecule has 1 N–H and O–H groups in total. The van der Waals surface area contributed by atoms with Gasteiger partial charge >= 0.3 is 13.6 Å². The van der Waals surface area contributed by atoms with Crippen molar-refractivity contribution < 1.29 is 27.9 Å². The first kappa shape index (κ1) is 29.6. The van der Waals surface area contributed by atoms with Crippen LogP contribution in [-0.2, 0) is 37.8 Å². The standard InChI is InChI=1S/C24H37INO6PS/c1-6-19-18(5)21-16-30-24(27)22(21)23(29-12-14-34-25)20(19)10-9-17(4)15-26-11-13-33(28,31-7-2)32-8-3/h9,26H,6-8,10-16H2,1-5H3/b17-9+. The fourth-order valence-corrected chi connectivity index (χ4v) is 6.30. The topological polar surface area (TPSA) is 83.1 Å². The summed E-state index contributed by atoms with van der Waals surface area (Å²) in [5.41, 5.74) is 6.11. The molecule has 34 heavy (non-hydrogen) atoms. The molecule has 1 heterocycles. The van der Waals surface area contributed by atoms with Gasteiger partial charge in [0.15, 0.2) is 0 Å². The molecule has 0 amide bonds. The van der Waals surface area contributed by atoms with Gasteiger partial charge in [0.25, 0.3) is 0 Å². The molecule has 1 aliphatic rings. The highest BCUT2D eigenvalue weighted by Crippen LogP contribution is 2.47. The molecular weight excluding hydrogens is 588 g/mol. The summed E-state index contributed by atoms with van der Waals surface area (Å²) in [4.78, 5) is 12.5. The average Bonchev–Trinajstić information content (AvgIpc) is 3.19. The van der Waals surface area contributed by atoms with E-state index < -0.39 is 7.60 Å². The lowest BCUT2D eigenvalue weighted by Crippen LogP contribution is -2.21. The minimum atomic E-state index is -3.04. The molecule has 0 unspecified atom stereocenters. The number of halogens is 1. The number of carbonyl (C=O) groups is 1. The summed E-state index contributed by atoms with van der Waals surface area (Å²) in [5.74, 6) is 1.22.